The fraction of sp³-hybridized carbons (Fsp3) is 0.368. The molecule has 1 heterocycles. The molecule has 2 aromatic carbocycles. The maximum atomic E-state index is 11.5. The van der Waals surface area contributed by atoms with E-state index in [0.717, 1.165) is 30.8 Å². The number of fused-ring (bicyclic) bond motifs is 2. The molecule has 6 heteroatoms. The highest BCUT2D eigenvalue weighted by molar-refractivity contribution is 5.60. The van der Waals surface area contributed by atoms with E-state index < -0.39 is 0 Å². The Bertz CT molecular complexity index is 761. The summed E-state index contributed by atoms with van der Waals surface area (Å²) >= 11 is 0. The van der Waals surface area contributed by atoms with Gasteiger partial charge in [0.1, 0.15) is 11.5 Å². The number of para-hydroxylation sites is 1. The summed E-state index contributed by atoms with van der Waals surface area (Å²) in [5.74, 6) is 1.29. The van der Waals surface area contributed by atoms with Gasteiger partial charge >= 0.3 is 0 Å². The van der Waals surface area contributed by atoms with E-state index in [1.807, 2.05) is 24.3 Å². The maximum Gasteiger partial charge on any atom is 0.278 e. The van der Waals surface area contributed by atoms with Gasteiger partial charge in [0.05, 0.1) is 16.5 Å². The van der Waals surface area contributed by atoms with Crippen LogP contribution in [0.4, 0.5) is 5.69 Å². The molecule has 1 unspecified atom stereocenters. The lowest BCUT2D eigenvalue weighted by Gasteiger charge is -2.28. The first-order chi connectivity index (χ1) is 12.1. The Hall–Kier alpha value is -2.44. The summed E-state index contributed by atoms with van der Waals surface area (Å²) < 4.78 is 5.90. The standard InChI is InChI=1S/C19H23N3O3/c1-13(2)20-11-6-12-21-19-14-7-3-4-9-16(14)25-17-10-5-8-15(18(17)19)22(23)24/h3-5,7-10,13,19-21H,6,11-12H2,1-2H3. The number of nitro benzene ring substituents is 1. The number of benzene rings is 2. The normalized spacial score (nSPS) is 15.4. The summed E-state index contributed by atoms with van der Waals surface area (Å²) in [6.07, 6.45) is 0.938. The quantitative estimate of drug-likeness (QED) is 0.455. The molecule has 0 radical (unpaired) electrons. The monoisotopic (exact) mass is 341 g/mol. The first kappa shape index (κ1) is 17.4. The van der Waals surface area contributed by atoms with Crippen LogP contribution in [0.15, 0.2) is 42.5 Å². The zero-order chi connectivity index (χ0) is 17.8. The van der Waals surface area contributed by atoms with Gasteiger partial charge in [-0.2, -0.15) is 0 Å². The highest BCUT2D eigenvalue weighted by atomic mass is 16.6. The lowest BCUT2D eigenvalue weighted by atomic mass is 9.93. The molecule has 2 aromatic rings. The van der Waals surface area contributed by atoms with Crippen molar-refractivity contribution < 1.29 is 9.66 Å². The molecule has 132 valence electrons. The largest absolute Gasteiger partial charge is 0.456 e. The minimum atomic E-state index is -0.342. The van der Waals surface area contributed by atoms with Crippen LogP contribution in [0.5, 0.6) is 11.5 Å². The summed E-state index contributed by atoms with van der Waals surface area (Å²) in [5.41, 5.74) is 1.62. The second-order valence-electron chi connectivity index (χ2n) is 6.44. The van der Waals surface area contributed by atoms with Crippen molar-refractivity contribution in [2.24, 2.45) is 0 Å². The highest BCUT2D eigenvalue weighted by Crippen LogP contribution is 2.46. The van der Waals surface area contributed by atoms with Crippen LogP contribution < -0.4 is 15.4 Å². The van der Waals surface area contributed by atoms with Crippen LogP contribution >= 0.6 is 0 Å². The van der Waals surface area contributed by atoms with Crippen molar-refractivity contribution in [2.45, 2.75) is 32.4 Å². The molecule has 0 fully saturated rings. The molecular formula is C19H23N3O3. The van der Waals surface area contributed by atoms with Crippen LogP contribution in [0, 0.1) is 10.1 Å². The summed E-state index contributed by atoms with van der Waals surface area (Å²) in [4.78, 5) is 11.2. The van der Waals surface area contributed by atoms with Crippen LogP contribution in [0.3, 0.4) is 0 Å². The molecule has 2 N–H and O–H groups in total. The lowest BCUT2D eigenvalue weighted by molar-refractivity contribution is -0.385. The molecule has 6 nitrogen and oxygen atoms in total. The number of ether oxygens (including phenoxy) is 1. The first-order valence-electron chi connectivity index (χ1n) is 8.58. The average molecular weight is 341 g/mol. The number of hydrogen-bond acceptors (Lipinski definition) is 5. The van der Waals surface area contributed by atoms with E-state index in [1.165, 1.54) is 6.07 Å². The summed E-state index contributed by atoms with van der Waals surface area (Å²) in [5, 5.41) is 18.4. The van der Waals surface area contributed by atoms with Crippen LogP contribution in [0.1, 0.15) is 37.4 Å². The molecular weight excluding hydrogens is 318 g/mol. The van der Waals surface area contributed by atoms with Gasteiger partial charge in [-0.25, -0.2) is 0 Å². The molecule has 25 heavy (non-hydrogen) atoms. The number of nitro groups is 1. The topological polar surface area (TPSA) is 76.4 Å². The van der Waals surface area contributed by atoms with Gasteiger partial charge in [0.2, 0.25) is 0 Å². The molecule has 1 aliphatic rings. The predicted molar refractivity (Wildman–Crippen MR) is 97.2 cm³/mol. The van der Waals surface area contributed by atoms with Crippen molar-refractivity contribution in [2.75, 3.05) is 13.1 Å². The SMILES string of the molecule is CC(C)NCCCNC1c2ccccc2Oc2cccc([N+](=O)[O-])c21. The average Bonchev–Trinajstić information content (AvgIpc) is 2.59. The second-order valence-corrected chi connectivity index (χ2v) is 6.44. The fourth-order valence-electron chi connectivity index (χ4n) is 3.09. The van der Waals surface area contributed by atoms with Gasteiger partial charge in [-0.3, -0.25) is 10.1 Å². The van der Waals surface area contributed by atoms with E-state index in [0.29, 0.717) is 17.4 Å². The van der Waals surface area contributed by atoms with Gasteiger partial charge in [0.15, 0.2) is 0 Å². The minimum absolute atomic E-state index is 0.0878. The zero-order valence-electron chi connectivity index (χ0n) is 14.5. The summed E-state index contributed by atoms with van der Waals surface area (Å²) in [7, 11) is 0. The molecule has 0 aliphatic carbocycles. The van der Waals surface area contributed by atoms with Gasteiger partial charge in [-0.05, 0) is 31.6 Å². The molecule has 1 aliphatic heterocycles. The van der Waals surface area contributed by atoms with Gasteiger partial charge < -0.3 is 15.4 Å². The smallest absolute Gasteiger partial charge is 0.278 e. The molecule has 0 saturated carbocycles. The number of rotatable bonds is 7. The van der Waals surface area contributed by atoms with Crippen molar-refractivity contribution in [1.29, 1.82) is 0 Å². The molecule has 3 rings (SSSR count). The maximum absolute atomic E-state index is 11.5. The summed E-state index contributed by atoms with van der Waals surface area (Å²) in [6.45, 7) is 5.88. The van der Waals surface area contributed by atoms with Crippen LogP contribution in [0.25, 0.3) is 0 Å². The Balaban J connectivity index is 1.87. The Labute approximate surface area is 147 Å². The Morgan fingerprint density at radius 1 is 1.12 bits per heavy atom. The second kappa shape index (κ2) is 7.63. The molecule has 0 amide bonds. The van der Waals surface area contributed by atoms with Gasteiger partial charge in [0, 0.05) is 17.7 Å². The summed E-state index contributed by atoms with van der Waals surface area (Å²) in [6, 6.07) is 12.9. The molecule has 0 bridgehead atoms. The van der Waals surface area contributed by atoms with E-state index in [1.54, 1.807) is 12.1 Å². The van der Waals surface area contributed by atoms with Gasteiger partial charge in [-0.1, -0.05) is 38.1 Å². The van der Waals surface area contributed by atoms with E-state index in [4.69, 9.17) is 4.74 Å². The van der Waals surface area contributed by atoms with Crippen molar-refractivity contribution in [1.82, 2.24) is 10.6 Å². The van der Waals surface area contributed by atoms with Crippen LogP contribution in [-0.4, -0.2) is 24.1 Å². The van der Waals surface area contributed by atoms with Crippen LogP contribution in [0.2, 0.25) is 0 Å². The molecule has 1 atom stereocenters. The minimum Gasteiger partial charge on any atom is -0.456 e. The molecule has 0 spiro atoms. The van der Waals surface area contributed by atoms with E-state index >= 15 is 0 Å². The van der Waals surface area contributed by atoms with Crippen molar-refractivity contribution in [3.05, 3.63) is 63.7 Å². The fourth-order valence-corrected chi connectivity index (χ4v) is 3.09. The number of nitrogens with one attached hydrogen (secondary N) is 2. The third-order valence-electron chi connectivity index (χ3n) is 4.23. The Morgan fingerprint density at radius 3 is 2.64 bits per heavy atom. The van der Waals surface area contributed by atoms with E-state index in [2.05, 4.69) is 24.5 Å². The van der Waals surface area contributed by atoms with E-state index in [-0.39, 0.29) is 16.7 Å². The van der Waals surface area contributed by atoms with Crippen molar-refractivity contribution >= 4 is 5.69 Å². The van der Waals surface area contributed by atoms with Gasteiger partial charge in [0.25, 0.3) is 5.69 Å². The van der Waals surface area contributed by atoms with Gasteiger partial charge in [-0.15, -0.1) is 0 Å². The first-order valence-corrected chi connectivity index (χ1v) is 8.58. The third kappa shape index (κ3) is 3.81. The Kier molecular flexibility index (Phi) is 5.31. The molecule has 0 aromatic heterocycles. The zero-order valence-corrected chi connectivity index (χ0v) is 14.5. The van der Waals surface area contributed by atoms with Crippen molar-refractivity contribution in [3.8, 4) is 11.5 Å². The Morgan fingerprint density at radius 2 is 1.88 bits per heavy atom. The number of nitrogens with zero attached hydrogens (tertiary/aromatic N) is 1. The van der Waals surface area contributed by atoms with E-state index in [9.17, 15) is 10.1 Å². The predicted octanol–water partition coefficient (Wildman–Crippen LogP) is 3.77. The number of hydrogen-bond donors (Lipinski definition) is 2. The van der Waals surface area contributed by atoms with Crippen molar-refractivity contribution in [3.63, 3.8) is 0 Å². The third-order valence-corrected chi connectivity index (χ3v) is 4.23. The molecule has 0 saturated heterocycles. The highest BCUT2D eigenvalue weighted by Gasteiger charge is 2.33. The lowest BCUT2D eigenvalue weighted by Crippen LogP contribution is -2.30. The van der Waals surface area contributed by atoms with Crippen LogP contribution in [-0.2, 0) is 0 Å².